The minimum Gasteiger partial charge on any atom is -0.391 e. The van der Waals surface area contributed by atoms with Crippen LogP contribution in [0.1, 0.15) is 58.7 Å². The number of aryl methyl sites for hydroxylation is 1. The lowest BCUT2D eigenvalue weighted by atomic mass is 9.92. The molecule has 0 aliphatic heterocycles. The van der Waals surface area contributed by atoms with E-state index >= 15 is 0 Å². The monoisotopic (exact) mass is 384 g/mol. The first-order valence-electron chi connectivity index (χ1n) is 8.98. The summed E-state index contributed by atoms with van der Waals surface area (Å²) in [6.45, 7) is 1.76. The average Bonchev–Trinajstić information content (AvgIpc) is 2.67. The lowest BCUT2D eigenvalue weighted by Gasteiger charge is -2.28. The minimum absolute atomic E-state index is 0.241. The third kappa shape index (κ3) is 4.62. The second-order valence-electron chi connectivity index (χ2n) is 6.84. The number of carbonyl (C=O) groups excluding carboxylic acids is 1. The number of nitrogens with one attached hydrogen (secondary N) is 1. The number of hydrogen-bond donors (Lipinski definition) is 2. The number of carbonyl (C=O) groups is 1. The molecule has 140 valence electrons. The van der Waals surface area contributed by atoms with E-state index in [9.17, 15) is 9.90 Å². The van der Waals surface area contributed by atoms with E-state index in [0.717, 1.165) is 30.4 Å². The number of hydrogen-bond acceptors (Lipinski definition) is 5. The van der Waals surface area contributed by atoms with Crippen molar-refractivity contribution in [2.45, 2.75) is 51.2 Å². The van der Waals surface area contributed by atoms with Gasteiger partial charge >= 0.3 is 0 Å². The molecule has 1 saturated carbocycles. The van der Waals surface area contributed by atoms with Crippen LogP contribution in [0.5, 0.6) is 0 Å². The van der Waals surface area contributed by atoms with Crippen LogP contribution in [0.4, 0.5) is 0 Å². The Balaban J connectivity index is 1.80. The van der Waals surface area contributed by atoms with E-state index in [0.29, 0.717) is 29.3 Å². The summed E-state index contributed by atoms with van der Waals surface area (Å²) in [4.78, 5) is 21.0. The fourth-order valence-corrected chi connectivity index (χ4v) is 3.47. The van der Waals surface area contributed by atoms with Crippen molar-refractivity contribution in [2.75, 3.05) is 0 Å². The molecule has 2 N–H and O–H groups in total. The zero-order valence-corrected chi connectivity index (χ0v) is 15.8. The fraction of sp³-hybridized carbons (Fsp3) is 0.400. The predicted octanol–water partition coefficient (Wildman–Crippen LogP) is 2.93. The van der Waals surface area contributed by atoms with Gasteiger partial charge in [0.1, 0.15) is 17.5 Å². The average molecular weight is 385 g/mol. The van der Waals surface area contributed by atoms with Gasteiger partial charge in [-0.25, -0.2) is 9.97 Å². The third-order valence-electron chi connectivity index (χ3n) is 4.81. The number of nitriles is 1. The molecule has 1 aliphatic rings. The van der Waals surface area contributed by atoms with Crippen LogP contribution in [0, 0.1) is 18.3 Å². The normalized spacial score (nSPS) is 19.3. The van der Waals surface area contributed by atoms with Crippen LogP contribution < -0.4 is 5.32 Å². The van der Waals surface area contributed by atoms with Crippen LogP contribution >= 0.6 is 11.6 Å². The van der Waals surface area contributed by atoms with Gasteiger partial charge in [-0.1, -0.05) is 30.5 Å². The zero-order chi connectivity index (χ0) is 19.4. The third-order valence-corrected chi connectivity index (χ3v) is 5.33. The van der Waals surface area contributed by atoms with E-state index in [4.69, 9.17) is 16.9 Å². The molecule has 27 heavy (non-hydrogen) atoms. The molecular weight excluding hydrogens is 364 g/mol. The van der Waals surface area contributed by atoms with E-state index < -0.39 is 6.10 Å². The molecule has 2 heterocycles. The van der Waals surface area contributed by atoms with Gasteiger partial charge in [0.15, 0.2) is 0 Å². The Bertz CT molecular complexity index is 877. The second kappa shape index (κ2) is 8.47. The number of amides is 1. The number of halogens is 1. The molecular formula is C20H21ClN4O2. The van der Waals surface area contributed by atoms with Crippen LogP contribution in [0.2, 0.25) is 5.02 Å². The Kier molecular flexibility index (Phi) is 6.04. The highest BCUT2D eigenvalue weighted by atomic mass is 35.5. The summed E-state index contributed by atoms with van der Waals surface area (Å²) in [7, 11) is 0. The quantitative estimate of drug-likeness (QED) is 0.844. The van der Waals surface area contributed by atoms with Gasteiger partial charge in [0.25, 0.3) is 5.91 Å². The lowest BCUT2D eigenvalue weighted by molar-refractivity contribution is 0.0713. The summed E-state index contributed by atoms with van der Waals surface area (Å²) in [6.07, 6.45) is 5.04. The van der Waals surface area contributed by atoms with E-state index in [1.165, 1.54) is 0 Å². The van der Waals surface area contributed by atoms with Gasteiger partial charge in [-0.05, 0) is 43.0 Å². The molecule has 2 aromatic rings. The van der Waals surface area contributed by atoms with Gasteiger partial charge in [0.2, 0.25) is 0 Å². The molecule has 0 unspecified atom stereocenters. The van der Waals surface area contributed by atoms with Crippen LogP contribution in [-0.4, -0.2) is 33.1 Å². The van der Waals surface area contributed by atoms with E-state index in [1.54, 1.807) is 25.3 Å². The fourth-order valence-electron chi connectivity index (χ4n) is 3.30. The first-order valence-corrected chi connectivity index (χ1v) is 9.35. The molecule has 2 atom stereocenters. The maximum atomic E-state index is 12.6. The van der Waals surface area contributed by atoms with E-state index in [2.05, 4.69) is 15.3 Å². The van der Waals surface area contributed by atoms with Crippen molar-refractivity contribution < 1.29 is 9.90 Å². The summed E-state index contributed by atoms with van der Waals surface area (Å²) in [5.74, 6) is -0.306. The highest BCUT2D eigenvalue weighted by molar-refractivity contribution is 6.32. The molecule has 6 nitrogen and oxygen atoms in total. The Morgan fingerprint density at radius 3 is 2.85 bits per heavy atom. The molecule has 0 bridgehead atoms. The molecule has 7 heteroatoms. The summed E-state index contributed by atoms with van der Waals surface area (Å²) in [5.41, 5.74) is 2.86. The van der Waals surface area contributed by atoms with Gasteiger partial charge in [0.05, 0.1) is 22.9 Å². The van der Waals surface area contributed by atoms with Crippen molar-refractivity contribution >= 4 is 17.5 Å². The van der Waals surface area contributed by atoms with Crippen molar-refractivity contribution in [3.05, 3.63) is 57.6 Å². The predicted molar refractivity (Wildman–Crippen MR) is 101 cm³/mol. The minimum atomic E-state index is -0.514. The highest BCUT2D eigenvalue weighted by Crippen LogP contribution is 2.24. The largest absolute Gasteiger partial charge is 0.391 e. The zero-order valence-electron chi connectivity index (χ0n) is 15.1. The van der Waals surface area contributed by atoms with Crippen molar-refractivity contribution in [3.63, 3.8) is 0 Å². The maximum absolute atomic E-state index is 12.6. The van der Waals surface area contributed by atoms with Gasteiger partial charge < -0.3 is 10.4 Å². The van der Waals surface area contributed by atoms with Gasteiger partial charge in [0, 0.05) is 12.6 Å². The number of aromatic nitrogens is 2. The summed E-state index contributed by atoms with van der Waals surface area (Å²) in [5, 5.41) is 22.3. The number of pyridine rings is 2. The van der Waals surface area contributed by atoms with Crippen LogP contribution in [0.3, 0.4) is 0 Å². The van der Waals surface area contributed by atoms with Gasteiger partial charge in [-0.2, -0.15) is 5.26 Å². The summed E-state index contributed by atoms with van der Waals surface area (Å²) < 4.78 is 0. The molecule has 2 aromatic heterocycles. The van der Waals surface area contributed by atoms with Gasteiger partial charge in [-0.3, -0.25) is 4.79 Å². The lowest BCUT2D eigenvalue weighted by Crippen LogP contribution is -2.45. The Labute approximate surface area is 163 Å². The van der Waals surface area contributed by atoms with Crippen molar-refractivity contribution in [3.8, 4) is 6.07 Å². The molecule has 3 rings (SSSR count). The molecule has 1 aliphatic carbocycles. The van der Waals surface area contributed by atoms with Crippen molar-refractivity contribution in [1.29, 1.82) is 5.26 Å². The van der Waals surface area contributed by atoms with Crippen molar-refractivity contribution in [2.24, 2.45) is 0 Å². The molecule has 0 radical (unpaired) electrons. The number of nitrogens with zero attached hydrogens (tertiary/aromatic N) is 3. The van der Waals surface area contributed by atoms with Crippen LogP contribution in [0.15, 0.2) is 24.4 Å². The molecule has 0 saturated heterocycles. The number of aliphatic hydroxyl groups excluding tert-OH is 1. The number of aliphatic hydroxyl groups is 1. The van der Waals surface area contributed by atoms with Gasteiger partial charge in [-0.15, -0.1) is 0 Å². The molecule has 0 aromatic carbocycles. The van der Waals surface area contributed by atoms with E-state index in [-0.39, 0.29) is 17.6 Å². The maximum Gasteiger partial charge on any atom is 0.270 e. The molecule has 0 spiro atoms. The first kappa shape index (κ1) is 19.3. The summed E-state index contributed by atoms with van der Waals surface area (Å²) >= 11 is 6.39. The van der Waals surface area contributed by atoms with E-state index in [1.807, 2.05) is 12.1 Å². The van der Waals surface area contributed by atoms with Crippen LogP contribution in [0.25, 0.3) is 0 Å². The SMILES string of the molecule is Cc1nc(C(=O)N[C@H]2CCCC[C@@H]2O)cc(Cc2ccc(C#N)nc2)c1Cl. The molecule has 1 amide bonds. The number of rotatable bonds is 4. The second-order valence-corrected chi connectivity index (χ2v) is 7.22. The topological polar surface area (TPSA) is 98.9 Å². The highest BCUT2D eigenvalue weighted by Gasteiger charge is 2.25. The summed E-state index contributed by atoms with van der Waals surface area (Å²) in [6, 6.07) is 6.89. The Morgan fingerprint density at radius 1 is 1.41 bits per heavy atom. The smallest absolute Gasteiger partial charge is 0.270 e. The standard InChI is InChI=1S/C20H21ClN4O2/c1-12-19(21)14(8-13-6-7-15(10-22)23-11-13)9-17(24-12)20(27)25-16-4-2-3-5-18(16)26/h6-7,9,11,16,18,26H,2-5,8H2,1H3,(H,25,27)/t16-,18-/m0/s1. The van der Waals surface area contributed by atoms with Crippen molar-refractivity contribution in [1.82, 2.24) is 15.3 Å². The van der Waals surface area contributed by atoms with Crippen LogP contribution in [-0.2, 0) is 6.42 Å². The first-order chi connectivity index (χ1) is 13.0. The Hall–Kier alpha value is -2.49. The Morgan fingerprint density at radius 2 is 2.19 bits per heavy atom. The molecule has 1 fully saturated rings.